The van der Waals surface area contributed by atoms with Crippen molar-refractivity contribution in [2.45, 2.75) is 26.7 Å². The number of amides is 2. The van der Waals surface area contributed by atoms with Crippen LogP contribution < -0.4 is 0 Å². The van der Waals surface area contributed by atoms with Crippen LogP contribution in [0.25, 0.3) is 0 Å². The van der Waals surface area contributed by atoms with E-state index in [0.29, 0.717) is 44.9 Å². The van der Waals surface area contributed by atoms with E-state index in [1.807, 2.05) is 34.1 Å². The SMILES string of the molecule is CC(C)CC(=O)N1CCN(C(=O)Cc2ccc(Br)cc2)CC1. The van der Waals surface area contributed by atoms with Gasteiger partial charge in [0.05, 0.1) is 6.42 Å². The van der Waals surface area contributed by atoms with Crippen molar-refractivity contribution in [1.29, 1.82) is 0 Å². The van der Waals surface area contributed by atoms with E-state index in [-0.39, 0.29) is 11.8 Å². The highest BCUT2D eigenvalue weighted by Crippen LogP contribution is 2.13. The van der Waals surface area contributed by atoms with E-state index in [9.17, 15) is 9.59 Å². The zero-order chi connectivity index (χ0) is 16.1. The molecular formula is C17H23BrN2O2. The number of halogens is 1. The highest BCUT2D eigenvalue weighted by Gasteiger charge is 2.24. The zero-order valence-corrected chi connectivity index (χ0v) is 14.8. The van der Waals surface area contributed by atoms with Gasteiger partial charge in [-0.1, -0.05) is 41.9 Å². The van der Waals surface area contributed by atoms with Gasteiger partial charge >= 0.3 is 0 Å². The van der Waals surface area contributed by atoms with Gasteiger partial charge in [0.25, 0.3) is 0 Å². The lowest BCUT2D eigenvalue weighted by Gasteiger charge is -2.35. The molecule has 2 amide bonds. The lowest BCUT2D eigenvalue weighted by atomic mass is 10.1. The predicted molar refractivity (Wildman–Crippen MR) is 90.5 cm³/mol. The number of benzene rings is 1. The summed E-state index contributed by atoms with van der Waals surface area (Å²) in [6.07, 6.45) is 1.01. The Kier molecular flexibility index (Phi) is 6.00. The van der Waals surface area contributed by atoms with Gasteiger partial charge in [0.1, 0.15) is 0 Å². The fraction of sp³-hybridized carbons (Fsp3) is 0.529. The summed E-state index contributed by atoms with van der Waals surface area (Å²) in [5, 5.41) is 0. The maximum absolute atomic E-state index is 12.3. The first-order valence-electron chi connectivity index (χ1n) is 7.75. The molecule has 1 aliphatic rings. The molecule has 1 aromatic carbocycles. The highest BCUT2D eigenvalue weighted by atomic mass is 79.9. The molecule has 4 nitrogen and oxygen atoms in total. The molecule has 0 bridgehead atoms. The fourth-order valence-electron chi connectivity index (χ4n) is 2.57. The van der Waals surface area contributed by atoms with Crippen molar-refractivity contribution in [3.05, 3.63) is 34.3 Å². The summed E-state index contributed by atoms with van der Waals surface area (Å²) in [7, 11) is 0. The Morgan fingerprint density at radius 3 is 2.00 bits per heavy atom. The lowest BCUT2D eigenvalue weighted by Crippen LogP contribution is -2.51. The maximum Gasteiger partial charge on any atom is 0.227 e. The monoisotopic (exact) mass is 366 g/mol. The number of carbonyl (C=O) groups is 2. The van der Waals surface area contributed by atoms with Crippen LogP contribution in [-0.2, 0) is 16.0 Å². The number of carbonyl (C=O) groups excluding carboxylic acids is 2. The molecule has 0 saturated carbocycles. The highest BCUT2D eigenvalue weighted by molar-refractivity contribution is 9.10. The second-order valence-electron chi connectivity index (χ2n) is 6.16. The minimum Gasteiger partial charge on any atom is -0.339 e. The molecule has 22 heavy (non-hydrogen) atoms. The minimum absolute atomic E-state index is 0.137. The second-order valence-corrected chi connectivity index (χ2v) is 7.08. The summed E-state index contributed by atoms with van der Waals surface area (Å²) >= 11 is 3.39. The summed E-state index contributed by atoms with van der Waals surface area (Å²) in [5.74, 6) is 0.720. The fourth-order valence-corrected chi connectivity index (χ4v) is 2.84. The smallest absolute Gasteiger partial charge is 0.227 e. The van der Waals surface area contributed by atoms with Gasteiger partial charge in [-0.2, -0.15) is 0 Å². The van der Waals surface area contributed by atoms with Crippen molar-refractivity contribution in [3.8, 4) is 0 Å². The Hall–Kier alpha value is -1.36. The first-order valence-corrected chi connectivity index (χ1v) is 8.55. The number of nitrogens with zero attached hydrogens (tertiary/aromatic N) is 2. The molecule has 0 N–H and O–H groups in total. The Bertz CT molecular complexity index is 520. The van der Waals surface area contributed by atoms with Gasteiger partial charge in [0.2, 0.25) is 11.8 Å². The summed E-state index contributed by atoms with van der Waals surface area (Å²) in [4.78, 5) is 28.1. The summed E-state index contributed by atoms with van der Waals surface area (Å²) in [6.45, 7) is 6.68. The van der Waals surface area contributed by atoms with Crippen LogP contribution >= 0.6 is 15.9 Å². The Morgan fingerprint density at radius 2 is 1.50 bits per heavy atom. The molecule has 1 aromatic rings. The van der Waals surface area contributed by atoms with Gasteiger partial charge < -0.3 is 9.80 Å². The van der Waals surface area contributed by atoms with E-state index < -0.39 is 0 Å². The molecule has 0 aliphatic carbocycles. The molecule has 0 radical (unpaired) electrons. The van der Waals surface area contributed by atoms with Gasteiger partial charge in [0, 0.05) is 37.1 Å². The van der Waals surface area contributed by atoms with Crippen molar-refractivity contribution in [2.75, 3.05) is 26.2 Å². The van der Waals surface area contributed by atoms with Crippen molar-refractivity contribution in [2.24, 2.45) is 5.92 Å². The lowest BCUT2D eigenvalue weighted by molar-refractivity contribution is -0.139. The second kappa shape index (κ2) is 7.77. The van der Waals surface area contributed by atoms with E-state index in [4.69, 9.17) is 0 Å². The van der Waals surface area contributed by atoms with E-state index in [1.54, 1.807) is 0 Å². The van der Waals surface area contributed by atoms with Crippen molar-refractivity contribution >= 4 is 27.7 Å². The summed E-state index contributed by atoms with van der Waals surface area (Å²) in [5.41, 5.74) is 1.02. The van der Waals surface area contributed by atoms with Crippen LogP contribution in [0.5, 0.6) is 0 Å². The molecule has 5 heteroatoms. The average Bonchev–Trinajstić information content (AvgIpc) is 2.49. The first-order chi connectivity index (χ1) is 10.5. The van der Waals surface area contributed by atoms with E-state index in [0.717, 1.165) is 10.0 Å². The quantitative estimate of drug-likeness (QED) is 0.821. The van der Waals surface area contributed by atoms with Crippen molar-refractivity contribution in [3.63, 3.8) is 0 Å². The number of piperazine rings is 1. The van der Waals surface area contributed by atoms with Crippen LogP contribution in [0.3, 0.4) is 0 Å². The Labute approximate surface area is 140 Å². The van der Waals surface area contributed by atoms with Crippen LogP contribution in [0.15, 0.2) is 28.7 Å². The molecule has 0 spiro atoms. The predicted octanol–water partition coefficient (Wildman–Crippen LogP) is 2.71. The maximum atomic E-state index is 12.3. The van der Waals surface area contributed by atoms with Gasteiger partial charge in [0.15, 0.2) is 0 Å². The normalized spacial score (nSPS) is 15.3. The third kappa shape index (κ3) is 4.83. The van der Waals surface area contributed by atoms with Crippen LogP contribution in [0.4, 0.5) is 0 Å². The molecule has 120 valence electrons. The Balaban J connectivity index is 1.82. The molecule has 1 saturated heterocycles. The van der Waals surface area contributed by atoms with E-state index in [2.05, 4.69) is 29.8 Å². The zero-order valence-electron chi connectivity index (χ0n) is 13.2. The number of hydrogen-bond acceptors (Lipinski definition) is 2. The third-order valence-electron chi connectivity index (χ3n) is 3.84. The van der Waals surface area contributed by atoms with Crippen molar-refractivity contribution in [1.82, 2.24) is 9.80 Å². The molecule has 1 heterocycles. The average molecular weight is 367 g/mol. The Morgan fingerprint density at radius 1 is 1.00 bits per heavy atom. The van der Waals surface area contributed by atoms with Gasteiger partial charge in [-0.15, -0.1) is 0 Å². The number of rotatable bonds is 4. The third-order valence-corrected chi connectivity index (χ3v) is 4.37. The standard InChI is InChI=1S/C17H23BrN2O2/c1-13(2)11-16(21)19-7-9-20(10-8-19)17(22)12-14-3-5-15(18)6-4-14/h3-6,13H,7-12H2,1-2H3. The largest absolute Gasteiger partial charge is 0.339 e. The van der Waals surface area contributed by atoms with Gasteiger partial charge in [-0.05, 0) is 23.6 Å². The molecule has 1 aliphatic heterocycles. The number of hydrogen-bond donors (Lipinski definition) is 0. The van der Waals surface area contributed by atoms with Crippen LogP contribution in [0.1, 0.15) is 25.8 Å². The van der Waals surface area contributed by atoms with Crippen LogP contribution in [0.2, 0.25) is 0 Å². The molecule has 0 aromatic heterocycles. The molecule has 1 fully saturated rings. The molecule has 0 unspecified atom stereocenters. The molecule has 2 rings (SSSR count). The van der Waals surface area contributed by atoms with Gasteiger partial charge in [-0.3, -0.25) is 9.59 Å². The van der Waals surface area contributed by atoms with Crippen LogP contribution in [0, 0.1) is 5.92 Å². The minimum atomic E-state index is 0.137. The topological polar surface area (TPSA) is 40.6 Å². The van der Waals surface area contributed by atoms with Crippen molar-refractivity contribution < 1.29 is 9.59 Å². The van der Waals surface area contributed by atoms with Crippen LogP contribution in [-0.4, -0.2) is 47.8 Å². The first kappa shape index (κ1) is 17.0. The van der Waals surface area contributed by atoms with E-state index in [1.165, 1.54) is 0 Å². The van der Waals surface area contributed by atoms with E-state index >= 15 is 0 Å². The molecule has 0 atom stereocenters. The summed E-state index contributed by atoms with van der Waals surface area (Å²) < 4.78 is 1.01. The molecular weight excluding hydrogens is 344 g/mol. The summed E-state index contributed by atoms with van der Waals surface area (Å²) in [6, 6.07) is 7.82. The van der Waals surface area contributed by atoms with Gasteiger partial charge in [-0.25, -0.2) is 0 Å².